The van der Waals surface area contributed by atoms with E-state index >= 15 is 0 Å². The van der Waals surface area contributed by atoms with Crippen molar-refractivity contribution in [3.8, 4) is 11.3 Å². The van der Waals surface area contributed by atoms with Crippen LogP contribution in [0.2, 0.25) is 0 Å². The molecule has 0 saturated carbocycles. The molecule has 16 heavy (non-hydrogen) atoms. The van der Waals surface area contributed by atoms with Gasteiger partial charge in [-0.15, -0.1) is 0 Å². The summed E-state index contributed by atoms with van der Waals surface area (Å²) >= 11 is 0. The molecule has 1 nitrogen and oxygen atoms in total. The number of pyridine rings is 1. The second-order valence-corrected chi connectivity index (χ2v) is 4.40. The van der Waals surface area contributed by atoms with Gasteiger partial charge >= 0.3 is 0 Å². The number of aryl methyl sites for hydroxylation is 4. The normalized spacial score (nSPS) is 10.5. The number of nitrogens with zero attached hydrogens (tertiary/aromatic N) is 1. The van der Waals surface area contributed by atoms with Crippen molar-refractivity contribution in [3.05, 3.63) is 52.7 Å². The fourth-order valence-corrected chi connectivity index (χ4v) is 1.69. The maximum atomic E-state index is 4.61. The summed E-state index contributed by atoms with van der Waals surface area (Å²) in [5.41, 5.74) is 7.26. The topological polar surface area (TPSA) is 12.9 Å². The fourth-order valence-electron chi connectivity index (χ4n) is 1.69. The summed E-state index contributed by atoms with van der Waals surface area (Å²) in [4.78, 5) is 4.61. The number of aromatic nitrogens is 1. The van der Waals surface area contributed by atoms with E-state index in [1.165, 1.54) is 22.3 Å². The van der Waals surface area contributed by atoms with Gasteiger partial charge in [-0.05, 0) is 56.5 Å². The Morgan fingerprint density at radius 2 is 1.44 bits per heavy atom. The third-order valence-corrected chi connectivity index (χ3v) is 3.15. The van der Waals surface area contributed by atoms with E-state index in [0.717, 1.165) is 11.4 Å². The van der Waals surface area contributed by atoms with Gasteiger partial charge in [0.1, 0.15) is 0 Å². The van der Waals surface area contributed by atoms with Crippen molar-refractivity contribution in [2.45, 2.75) is 27.7 Å². The van der Waals surface area contributed by atoms with Crippen LogP contribution in [-0.4, -0.2) is 4.98 Å². The molecule has 0 spiro atoms. The van der Waals surface area contributed by atoms with Crippen LogP contribution in [0.1, 0.15) is 22.4 Å². The van der Waals surface area contributed by atoms with Gasteiger partial charge in [-0.3, -0.25) is 4.98 Å². The Morgan fingerprint density at radius 1 is 0.750 bits per heavy atom. The van der Waals surface area contributed by atoms with Crippen LogP contribution >= 0.6 is 0 Å². The Hall–Kier alpha value is -1.63. The first-order valence-electron chi connectivity index (χ1n) is 5.60. The van der Waals surface area contributed by atoms with Crippen molar-refractivity contribution >= 4 is 0 Å². The van der Waals surface area contributed by atoms with Gasteiger partial charge < -0.3 is 0 Å². The lowest BCUT2D eigenvalue weighted by molar-refractivity contribution is 1.15. The molecule has 0 bridgehead atoms. The lowest BCUT2D eigenvalue weighted by Gasteiger charge is -2.07. The van der Waals surface area contributed by atoms with Crippen molar-refractivity contribution in [2.24, 2.45) is 0 Å². The smallest absolute Gasteiger partial charge is 0.0705 e. The standard InChI is InChI=1S/C15H17N/c1-10-5-7-14(9-12(10)3)15-8-6-11(2)13(4)16-15/h5-9H,1-4H3. The Bertz CT molecular complexity index is 477. The highest BCUT2D eigenvalue weighted by Gasteiger charge is 2.02. The zero-order valence-corrected chi connectivity index (χ0v) is 10.3. The van der Waals surface area contributed by atoms with Gasteiger partial charge in [-0.2, -0.15) is 0 Å². The number of rotatable bonds is 1. The Balaban J connectivity index is 2.50. The van der Waals surface area contributed by atoms with Crippen molar-refractivity contribution in [3.63, 3.8) is 0 Å². The molecule has 0 amide bonds. The van der Waals surface area contributed by atoms with E-state index in [-0.39, 0.29) is 0 Å². The highest BCUT2D eigenvalue weighted by molar-refractivity contribution is 5.61. The lowest BCUT2D eigenvalue weighted by Crippen LogP contribution is -1.91. The molecule has 0 saturated heterocycles. The molecule has 1 heteroatoms. The molecule has 1 aromatic carbocycles. The molecule has 0 aliphatic carbocycles. The average molecular weight is 211 g/mol. The van der Waals surface area contributed by atoms with Crippen LogP contribution in [0, 0.1) is 27.7 Å². The molecule has 0 aliphatic heterocycles. The van der Waals surface area contributed by atoms with E-state index in [0.29, 0.717) is 0 Å². The van der Waals surface area contributed by atoms with Gasteiger partial charge in [0.05, 0.1) is 5.69 Å². The first-order valence-corrected chi connectivity index (χ1v) is 5.60. The molecule has 0 N–H and O–H groups in total. The van der Waals surface area contributed by atoms with E-state index in [1.54, 1.807) is 0 Å². The molecule has 0 aliphatic rings. The van der Waals surface area contributed by atoms with Crippen LogP contribution in [0.25, 0.3) is 11.3 Å². The molecule has 1 aromatic heterocycles. The monoisotopic (exact) mass is 211 g/mol. The van der Waals surface area contributed by atoms with Crippen molar-refractivity contribution < 1.29 is 0 Å². The summed E-state index contributed by atoms with van der Waals surface area (Å²) < 4.78 is 0. The van der Waals surface area contributed by atoms with Crippen LogP contribution in [0.15, 0.2) is 30.3 Å². The van der Waals surface area contributed by atoms with Gasteiger partial charge in [0.15, 0.2) is 0 Å². The summed E-state index contributed by atoms with van der Waals surface area (Å²) in [6, 6.07) is 10.7. The SMILES string of the molecule is Cc1ccc(-c2ccc(C)c(C)n2)cc1C. The first-order chi connectivity index (χ1) is 7.58. The molecule has 0 fully saturated rings. The van der Waals surface area contributed by atoms with E-state index in [1.807, 2.05) is 0 Å². The molecule has 0 radical (unpaired) electrons. The predicted molar refractivity (Wildman–Crippen MR) is 68.6 cm³/mol. The fraction of sp³-hybridized carbons (Fsp3) is 0.267. The van der Waals surface area contributed by atoms with Crippen molar-refractivity contribution in [1.29, 1.82) is 0 Å². The van der Waals surface area contributed by atoms with Crippen LogP contribution in [0.3, 0.4) is 0 Å². The van der Waals surface area contributed by atoms with Crippen LogP contribution in [-0.2, 0) is 0 Å². The highest BCUT2D eigenvalue weighted by atomic mass is 14.7. The maximum Gasteiger partial charge on any atom is 0.0705 e. The van der Waals surface area contributed by atoms with Gasteiger partial charge in [0.25, 0.3) is 0 Å². The second-order valence-electron chi connectivity index (χ2n) is 4.40. The Kier molecular flexibility index (Phi) is 2.78. The summed E-state index contributed by atoms with van der Waals surface area (Å²) in [6.45, 7) is 8.42. The highest BCUT2D eigenvalue weighted by Crippen LogP contribution is 2.21. The largest absolute Gasteiger partial charge is 0.253 e. The number of hydrogen-bond acceptors (Lipinski definition) is 1. The maximum absolute atomic E-state index is 4.61. The molecule has 2 aromatic rings. The molecule has 0 atom stereocenters. The first kappa shape index (κ1) is 10.9. The van der Waals surface area contributed by atoms with Crippen LogP contribution < -0.4 is 0 Å². The average Bonchev–Trinajstić information content (AvgIpc) is 2.26. The van der Waals surface area contributed by atoms with Gasteiger partial charge in [-0.1, -0.05) is 18.2 Å². The quantitative estimate of drug-likeness (QED) is 0.695. The third kappa shape index (κ3) is 1.99. The number of benzene rings is 1. The zero-order chi connectivity index (χ0) is 11.7. The summed E-state index contributed by atoms with van der Waals surface area (Å²) in [5, 5.41) is 0. The van der Waals surface area contributed by atoms with Gasteiger partial charge in [-0.25, -0.2) is 0 Å². The van der Waals surface area contributed by atoms with Crippen molar-refractivity contribution in [2.75, 3.05) is 0 Å². The van der Waals surface area contributed by atoms with E-state index < -0.39 is 0 Å². The Morgan fingerprint density at radius 3 is 2.06 bits per heavy atom. The molecular formula is C15H17N. The molecular weight excluding hydrogens is 194 g/mol. The molecule has 2 rings (SSSR count). The van der Waals surface area contributed by atoms with Crippen LogP contribution in [0.5, 0.6) is 0 Å². The van der Waals surface area contributed by atoms with Gasteiger partial charge in [0, 0.05) is 11.3 Å². The zero-order valence-electron chi connectivity index (χ0n) is 10.3. The minimum Gasteiger partial charge on any atom is -0.253 e. The summed E-state index contributed by atoms with van der Waals surface area (Å²) in [5.74, 6) is 0. The van der Waals surface area contributed by atoms with E-state index in [9.17, 15) is 0 Å². The lowest BCUT2D eigenvalue weighted by atomic mass is 10.0. The second kappa shape index (κ2) is 4.09. The van der Waals surface area contributed by atoms with Crippen LogP contribution in [0.4, 0.5) is 0 Å². The summed E-state index contributed by atoms with van der Waals surface area (Å²) in [7, 11) is 0. The predicted octanol–water partition coefficient (Wildman–Crippen LogP) is 3.98. The van der Waals surface area contributed by atoms with E-state index in [4.69, 9.17) is 0 Å². The number of hydrogen-bond donors (Lipinski definition) is 0. The summed E-state index contributed by atoms with van der Waals surface area (Å²) in [6.07, 6.45) is 0. The van der Waals surface area contributed by atoms with E-state index in [2.05, 4.69) is 63.0 Å². The van der Waals surface area contributed by atoms with Gasteiger partial charge in [0.2, 0.25) is 0 Å². The molecule has 82 valence electrons. The Labute approximate surface area is 97.2 Å². The minimum atomic E-state index is 1.06. The molecule has 0 unspecified atom stereocenters. The minimum absolute atomic E-state index is 1.06. The molecule has 1 heterocycles. The third-order valence-electron chi connectivity index (χ3n) is 3.15. The van der Waals surface area contributed by atoms with Crippen molar-refractivity contribution in [1.82, 2.24) is 4.98 Å².